The summed E-state index contributed by atoms with van der Waals surface area (Å²) in [7, 11) is 1.06. The zero-order valence-electron chi connectivity index (χ0n) is 8.12. The summed E-state index contributed by atoms with van der Waals surface area (Å²) in [4.78, 5) is 14.5. The van der Waals surface area contributed by atoms with Gasteiger partial charge < -0.3 is 9.84 Å². The van der Waals surface area contributed by atoms with Gasteiger partial charge in [0.15, 0.2) is 5.69 Å². The molecule has 0 saturated heterocycles. The lowest BCUT2D eigenvalue weighted by Gasteiger charge is -2.13. The molecule has 0 fully saturated rings. The Morgan fingerprint density at radius 2 is 2.20 bits per heavy atom. The lowest BCUT2D eigenvalue weighted by molar-refractivity contribution is 0.0140. The molecule has 4 nitrogen and oxygen atoms in total. The largest absolute Gasteiger partial charge is 0.506 e. The van der Waals surface area contributed by atoms with Crippen LogP contribution >= 0.6 is 0 Å². The maximum Gasteiger partial charge on any atom is 0.357 e. The molecule has 0 aliphatic rings. The first-order valence-electron chi connectivity index (χ1n) is 4.02. The molecule has 0 aliphatic carbocycles. The third-order valence-electron chi connectivity index (χ3n) is 1.72. The predicted octanol–water partition coefficient (Wildman–Crippen LogP) is 1.69. The highest BCUT2D eigenvalue weighted by Crippen LogP contribution is 2.31. The van der Waals surface area contributed by atoms with Gasteiger partial charge in [-0.05, 0) is 6.07 Å². The standard InChI is InChI=1S/C9H9F2NO3/c1-9(10,11)6-3-5(13)4-12-7(6)8(14)15-2/h3-4,13H,1-2H3. The molecular formula is C9H9F2NO3. The Labute approximate surface area is 84.5 Å². The molecular weight excluding hydrogens is 208 g/mol. The number of carbonyl (C=O) groups is 1. The van der Waals surface area contributed by atoms with Crippen LogP contribution in [0.3, 0.4) is 0 Å². The number of esters is 1. The quantitative estimate of drug-likeness (QED) is 0.765. The van der Waals surface area contributed by atoms with E-state index in [1.54, 1.807) is 0 Å². The first-order valence-corrected chi connectivity index (χ1v) is 4.02. The number of rotatable bonds is 2. The molecule has 0 aliphatic heterocycles. The summed E-state index contributed by atoms with van der Waals surface area (Å²) >= 11 is 0. The van der Waals surface area contributed by atoms with E-state index in [9.17, 15) is 13.6 Å². The normalized spacial score (nSPS) is 11.2. The third-order valence-corrected chi connectivity index (χ3v) is 1.72. The van der Waals surface area contributed by atoms with E-state index in [0.717, 1.165) is 19.4 Å². The molecule has 1 N–H and O–H groups in total. The van der Waals surface area contributed by atoms with E-state index in [1.807, 2.05) is 0 Å². The zero-order chi connectivity index (χ0) is 11.6. The van der Waals surface area contributed by atoms with Crippen molar-refractivity contribution in [2.75, 3.05) is 7.11 Å². The van der Waals surface area contributed by atoms with Crippen LogP contribution in [0.4, 0.5) is 8.78 Å². The van der Waals surface area contributed by atoms with Gasteiger partial charge in [-0.2, -0.15) is 0 Å². The van der Waals surface area contributed by atoms with E-state index in [-0.39, 0.29) is 0 Å². The molecule has 82 valence electrons. The Morgan fingerprint density at radius 3 is 2.67 bits per heavy atom. The van der Waals surface area contributed by atoms with E-state index in [0.29, 0.717) is 6.92 Å². The molecule has 0 radical (unpaired) electrons. The van der Waals surface area contributed by atoms with E-state index >= 15 is 0 Å². The summed E-state index contributed by atoms with van der Waals surface area (Å²) in [6, 6.07) is 0.791. The minimum Gasteiger partial charge on any atom is -0.506 e. The fourth-order valence-corrected chi connectivity index (χ4v) is 1.05. The predicted molar refractivity (Wildman–Crippen MR) is 46.8 cm³/mol. The maximum absolute atomic E-state index is 13.0. The third kappa shape index (κ3) is 2.39. The Balaban J connectivity index is 3.33. The fraction of sp³-hybridized carbons (Fsp3) is 0.333. The van der Waals surface area contributed by atoms with E-state index in [4.69, 9.17) is 5.11 Å². The SMILES string of the molecule is COC(=O)c1ncc(O)cc1C(C)(F)F. The van der Waals surface area contributed by atoms with Crippen LogP contribution in [0.1, 0.15) is 23.0 Å². The minimum absolute atomic E-state index is 0.431. The summed E-state index contributed by atoms with van der Waals surface area (Å²) in [5.74, 6) is -4.67. The molecule has 1 aromatic rings. The number of aromatic nitrogens is 1. The van der Waals surface area contributed by atoms with Crippen LogP contribution in [0.2, 0.25) is 0 Å². The van der Waals surface area contributed by atoms with Crippen LogP contribution in [0, 0.1) is 0 Å². The Morgan fingerprint density at radius 1 is 1.60 bits per heavy atom. The number of pyridine rings is 1. The highest BCUT2D eigenvalue weighted by atomic mass is 19.3. The van der Waals surface area contributed by atoms with Crippen molar-refractivity contribution in [3.63, 3.8) is 0 Å². The van der Waals surface area contributed by atoms with Crippen molar-refractivity contribution in [1.29, 1.82) is 0 Å². The van der Waals surface area contributed by atoms with Gasteiger partial charge in [0.2, 0.25) is 0 Å². The van der Waals surface area contributed by atoms with E-state index in [2.05, 4.69) is 9.72 Å². The number of aromatic hydroxyl groups is 1. The van der Waals surface area contributed by atoms with Crippen LogP contribution in [-0.4, -0.2) is 23.2 Å². The molecule has 6 heteroatoms. The lowest BCUT2D eigenvalue weighted by atomic mass is 10.1. The van der Waals surface area contributed by atoms with Crippen molar-refractivity contribution >= 4 is 5.97 Å². The topological polar surface area (TPSA) is 59.4 Å². The van der Waals surface area contributed by atoms with Crippen molar-refractivity contribution in [3.05, 3.63) is 23.5 Å². The zero-order valence-corrected chi connectivity index (χ0v) is 8.12. The summed E-state index contributed by atoms with van der Waals surface area (Å²) in [5.41, 5.74) is -1.16. The van der Waals surface area contributed by atoms with Gasteiger partial charge in [0.1, 0.15) is 5.75 Å². The fourth-order valence-electron chi connectivity index (χ4n) is 1.05. The van der Waals surface area contributed by atoms with Gasteiger partial charge in [0.05, 0.1) is 18.9 Å². The van der Waals surface area contributed by atoms with Gasteiger partial charge in [-0.1, -0.05) is 0 Å². The smallest absolute Gasteiger partial charge is 0.357 e. The maximum atomic E-state index is 13.0. The number of hydrogen-bond donors (Lipinski definition) is 1. The molecule has 15 heavy (non-hydrogen) atoms. The second-order valence-corrected chi connectivity index (χ2v) is 2.97. The van der Waals surface area contributed by atoms with Crippen molar-refractivity contribution in [1.82, 2.24) is 4.98 Å². The molecule has 0 aromatic carbocycles. The van der Waals surface area contributed by atoms with Crippen molar-refractivity contribution in [2.24, 2.45) is 0 Å². The van der Waals surface area contributed by atoms with Crippen molar-refractivity contribution in [2.45, 2.75) is 12.8 Å². The molecule has 0 saturated carbocycles. The van der Waals surface area contributed by atoms with Gasteiger partial charge in [0, 0.05) is 6.92 Å². The monoisotopic (exact) mass is 217 g/mol. The van der Waals surface area contributed by atoms with Gasteiger partial charge >= 0.3 is 5.97 Å². The highest BCUT2D eigenvalue weighted by molar-refractivity contribution is 5.89. The van der Waals surface area contributed by atoms with Gasteiger partial charge in [-0.15, -0.1) is 0 Å². The second-order valence-electron chi connectivity index (χ2n) is 2.97. The molecule has 0 amide bonds. The van der Waals surface area contributed by atoms with Crippen molar-refractivity contribution < 1.29 is 23.4 Å². The summed E-state index contributed by atoms with van der Waals surface area (Å²) in [6.45, 7) is 0.607. The Hall–Kier alpha value is -1.72. The highest BCUT2D eigenvalue weighted by Gasteiger charge is 2.32. The number of hydrogen-bond acceptors (Lipinski definition) is 4. The molecule has 0 atom stereocenters. The summed E-state index contributed by atoms with van der Waals surface area (Å²) < 4.78 is 30.4. The molecule has 1 heterocycles. The van der Waals surface area contributed by atoms with Gasteiger partial charge in [-0.25, -0.2) is 18.6 Å². The Kier molecular flexibility index (Phi) is 2.88. The molecule has 0 unspecified atom stereocenters. The first kappa shape index (κ1) is 11.4. The van der Waals surface area contributed by atoms with Crippen LogP contribution in [0.25, 0.3) is 0 Å². The Bertz CT molecular complexity index is 387. The number of nitrogens with zero attached hydrogens (tertiary/aromatic N) is 1. The number of alkyl halides is 2. The number of carbonyl (C=O) groups excluding carboxylic acids is 1. The lowest BCUT2D eigenvalue weighted by Crippen LogP contribution is -2.16. The average Bonchev–Trinajstić information content (AvgIpc) is 2.15. The van der Waals surface area contributed by atoms with E-state index in [1.165, 1.54) is 0 Å². The average molecular weight is 217 g/mol. The van der Waals surface area contributed by atoms with Gasteiger partial charge in [0.25, 0.3) is 5.92 Å². The van der Waals surface area contributed by atoms with E-state index < -0.39 is 28.9 Å². The van der Waals surface area contributed by atoms with Crippen LogP contribution in [-0.2, 0) is 10.7 Å². The minimum atomic E-state index is -3.27. The summed E-state index contributed by atoms with van der Waals surface area (Å²) in [6.07, 6.45) is 0.904. The number of halogens is 2. The molecule has 0 bridgehead atoms. The van der Waals surface area contributed by atoms with Gasteiger partial charge in [-0.3, -0.25) is 0 Å². The van der Waals surface area contributed by atoms with Crippen LogP contribution < -0.4 is 0 Å². The van der Waals surface area contributed by atoms with Crippen LogP contribution in [0.5, 0.6) is 5.75 Å². The van der Waals surface area contributed by atoms with Crippen LogP contribution in [0.15, 0.2) is 12.3 Å². The summed E-state index contributed by atoms with van der Waals surface area (Å²) in [5, 5.41) is 9.01. The molecule has 1 aromatic heterocycles. The van der Waals surface area contributed by atoms with Crippen molar-refractivity contribution in [3.8, 4) is 5.75 Å². The second kappa shape index (κ2) is 3.80. The first-order chi connectivity index (χ1) is 6.86. The number of methoxy groups -OCH3 is 1. The molecule has 0 spiro atoms. The number of ether oxygens (including phenoxy) is 1. The molecule has 1 rings (SSSR count).